The molecule has 0 aromatic rings. The first kappa shape index (κ1) is 15.4. The second kappa shape index (κ2) is 8.48. The third kappa shape index (κ3) is 6.40. The Morgan fingerprint density at radius 2 is 2.00 bits per heavy atom. The molecule has 1 rings (SSSR count). The van der Waals surface area contributed by atoms with Gasteiger partial charge in [-0.15, -0.1) is 6.54 Å². The van der Waals surface area contributed by atoms with E-state index in [1.165, 1.54) is 31.6 Å². The Labute approximate surface area is 82.2 Å². The number of rotatable bonds is 0. The van der Waals surface area contributed by atoms with Crippen molar-refractivity contribution in [2.24, 2.45) is 5.84 Å². The summed E-state index contributed by atoms with van der Waals surface area (Å²) in [5.74, 6) is 7.16. The fourth-order valence-electron chi connectivity index (χ4n) is 1.46. The van der Waals surface area contributed by atoms with E-state index in [0.717, 1.165) is 13.2 Å². The number of hydrazine groups is 1. The zero-order chi connectivity index (χ0) is 8.81. The van der Waals surface area contributed by atoms with Crippen molar-refractivity contribution in [2.45, 2.75) is 32.6 Å². The fourth-order valence-corrected chi connectivity index (χ4v) is 1.46. The molecule has 0 aliphatic carbocycles. The summed E-state index contributed by atoms with van der Waals surface area (Å²) in [6.07, 6.45) is 4.94. The van der Waals surface area contributed by atoms with Gasteiger partial charge >= 0.3 is 0 Å². The molecule has 0 unspecified atom stereocenters. The predicted octanol–water partition coefficient (Wildman–Crippen LogP) is 1.75. The van der Waals surface area contributed by atoms with Crippen LogP contribution in [0.3, 0.4) is 0 Å². The molecule has 1 aliphatic heterocycles. The van der Waals surface area contributed by atoms with E-state index in [4.69, 9.17) is 10.6 Å². The van der Waals surface area contributed by atoms with E-state index in [-0.39, 0.29) is 7.43 Å². The normalized spacial score (nSPS) is 21.9. The van der Waals surface area contributed by atoms with E-state index in [1.807, 2.05) is 0 Å². The number of hydrogen-bond acceptors (Lipinski definition) is 3. The molecule has 14 heavy (non-hydrogen) atoms. The Bertz CT molecular complexity index is 113. The molecule has 0 aromatic carbocycles. The molecule has 95 valence electrons. The van der Waals surface area contributed by atoms with Gasteiger partial charge in [-0.05, 0) is 6.42 Å². The van der Waals surface area contributed by atoms with Gasteiger partial charge in [0.05, 0.1) is 0 Å². The maximum Gasteiger partial charge on any atom is 0.109 e. The molecular formula is C10H22LrN2O-2. The van der Waals surface area contributed by atoms with Crippen LogP contribution in [0.15, 0.2) is 0 Å². The number of ether oxygens (including phenoxy) is 1. The van der Waals surface area contributed by atoms with Gasteiger partial charge in [0.1, 0.15) is 6.73 Å². The Kier molecular flexibility index (Phi) is 9.30. The summed E-state index contributed by atoms with van der Waals surface area (Å²) in [6.45, 7) is 4.46. The first-order valence-electron chi connectivity index (χ1n) is 4.68. The molecule has 1 fully saturated rings. The van der Waals surface area contributed by atoms with Gasteiger partial charge in [0.25, 0.3) is 0 Å². The average Bonchev–Trinajstić information content (AvgIpc) is 2.02. The van der Waals surface area contributed by atoms with Crippen molar-refractivity contribution >= 4 is 0 Å². The van der Waals surface area contributed by atoms with E-state index in [0.29, 0.717) is 6.73 Å². The Morgan fingerprint density at radius 3 is 2.71 bits per heavy atom. The van der Waals surface area contributed by atoms with Crippen molar-refractivity contribution in [2.75, 3.05) is 19.9 Å². The smallest absolute Gasteiger partial charge is 0.109 e. The van der Waals surface area contributed by atoms with Crippen LogP contribution in [0.2, 0.25) is 0 Å². The van der Waals surface area contributed by atoms with Crippen molar-refractivity contribution in [3.05, 3.63) is 13.3 Å². The summed E-state index contributed by atoms with van der Waals surface area (Å²) in [5, 5.41) is 1.74. The van der Waals surface area contributed by atoms with Crippen LogP contribution in [0.4, 0.5) is 0 Å². The molecule has 0 atom stereocenters. The summed E-state index contributed by atoms with van der Waals surface area (Å²) in [6, 6.07) is 0. The minimum Gasteiger partial charge on any atom is -0.365 e. The van der Waals surface area contributed by atoms with Crippen molar-refractivity contribution in [1.29, 1.82) is 0 Å². The molecule has 1 aliphatic rings. The summed E-state index contributed by atoms with van der Waals surface area (Å²) in [7, 11) is 0. The van der Waals surface area contributed by atoms with Gasteiger partial charge in [-0.3, -0.25) is 10.9 Å². The molecule has 0 spiro atoms. The summed E-state index contributed by atoms with van der Waals surface area (Å²) in [4.78, 5) is 0. The second-order valence-corrected chi connectivity index (χ2v) is 3.55. The Morgan fingerprint density at radius 1 is 1.29 bits per heavy atom. The van der Waals surface area contributed by atoms with Crippen LogP contribution in [0.25, 0.3) is 0 Å². The monoisotopic (exact) mass is 448 g/mol. The predicted molar refractivity (Wildman–Crippen MR) is 55.5 cm³/mol. The van der Waals surface area contributed by atoms with Gasteiger partial charge in [-0.1, -0.05) is 12.8 Å². The van der Waals surface area contributed by atoms with Gasteiger partial charge in [0.2, 0.25) is 0 Å². The molecule has 0 saturated carbocycles. The zero-order valence-electron chi connectivity index (χ0n) is 9.14. The van der Waals surface area contributed by atoms with Gasteiger partial charge in [-0.25, -0.2) is 0 Å². The molecular weight excluding hydrogens is 426 g/mol. The minimum absolute atomic E-state index is 0. The molecule has 4 heteroatoms. The number of nitrogens with zero attached hydrogens (tertiary/aromatic N) is 1. The maximum absolute atomic E-state index is 5.70. The molecule has 0 bridgehead atoms. The van der Waals surface area contributed by atoms with E-state index in [2.05, 4.69) is 6.92 Å². The zero-order valence-corrected chi connectivity index (χ0v) is 11.3. The van der Waals surface area contributed by atoms with Crippen LogP contribution in [-0.2, 0) is 4.74 Å². The number of nitrogens with two attached hydrogens (primary N) is 1. The Balaban J connectivity index is 0. The quantitative estimate of drug-likeness (QED) is 0.454. The maximum atomic E-state index is 5.70. The van der Waals surface area contributed by atoms with Crippen molar-refractivity contribution in [1.82, 2.24) is 5.01 Å². The van der Waals surface area contributed by atoms with Crippen LogP contribution in [0.1, 0.15) is 32.6 Å². The van der Waals surface area contributed by atoms with Crippen LogP contribution in [-0.4, -0.2) is 24.9 Å². The van der Waals surface area contributed by atoms with Gasteiger partial charge in [-0.2, -0.15) is 13.3 Å². The Hall–Kier alpha value is -1.12. The van der Waals surface area contributed by atoms with Gasteiger partial charge in [0, 0.05) is 6.61 Å². The largest absolute Gasteiger partial charge is 0.365 e. The molecule has 1 heterocycles. The second-order valence-electron chi connectivity index (χ2n) is 3.55. The van der Waals surface area contributed by atoms with E-state index in [9.17, 15) is 0 Å². The molecule has 0 aromatic heterocycles. The van der Waals surface area contributed by atoms with E-state index in [1.54, 1.807) is 5.01 Å². The van der Waals surface area contributed by atoms with Gasteiger partial charge in [0.15, 0.2) is 0 Å². The first-order valence-corrected chi connectivity index (χ1v) is 4.68. The van der Waals surface area contributed by atoms with Crippen molar-refractivity contribution in [3.63, 3.8) is 0 Å². The third-order valence-corrected chi connectivity index (χ3v) is 2.12. The molecule has 3 nitrogen and oxygen atoms in total. The van der Waals surface area contributed by atoms with Crippen molar-refractivity contribution in [3.8, 4) is 0 Å². The molecule has 1 saturated heterocycles. The average molecular weight is 448 g/mol. The topological polar surface area (TPSA) is 38.5 Å². The summed E-state index contributed by atoms with van der Waals surface area (Å²) < 4.78 is 5.36. The van der Waals surface area contributed by atoms with Crippen LogP contribution >= 0.6 is 0 Å². The molecule has 0 amide bonds. The SMILES string of the molecule is C[C-]1CCCCCOCN(N)C1.[CH3-].[Lr]. The van der Waals surface area contributed by atoms with Crippen LogP contribution in [0, 0.1) is 13.3 Å². The summed E-state index contributed by atoms with van der Waals surface area (Å²) in [5.41, 5.74) is 0. The van der Waals surface area contributed by atoms with Crippen LogP contribution in [0.5, 0.6) is 0 Å². The standard InChI is InChI=1S/C9H19N2O.CH3.Lr/c1-9-5-3-2-4-6-12-8-11(10)7-9;;/h2-8,10H2,1H3;1H3;/q2*-1;. The van der Waals surface area contributed by atoms with E-state index < -0.39 is 0 Å². The van der Waals surface area contributed by atoms with Crippen molar-refractivity contribution < 1.29 is 4.74 Å². The first-order chi connectivity index (χ1) is 5.79. The summed E-state index contributed by atoms with van der Waals surface area (Å²) >= 11 is 0. The third-order valence-electron chi connectivity index (χ3n) is 2.12. The van der Waals surface area contributed by atoms with Crippen LogP contribution < -0.4 is 5.84 Å². The fraction of sp³-hybridized carbons (Fsp3) is 0.800. The van der Waals surface area contributed by atoms with Gasteiger partial charge < -0.3 is 18.1 Å². The molecule has 1 radical (unpaired) electrons. The molecule has 2 N–H and O–H groups in total. The minimum atomic E-state index is 0. The number of hydrogen-bond donors (Lipinski definition) is 1. The van der Waals surface area contributed by atoms with E-state index >= 15 is 0 Å².